The van der Waals surface area contributed by atoms with Crippen LogP contribution in [-0.2, 0) is 0 Å². The summed E-state index contributed by atoms with van der Waals surface area (Å²) in [6.45, 7) is 0. The van der Waals surface area contributed by atoms with Crippen LogP contribution in [0.15, 0.2) is 41.5 Å². The highest BCUT2D eigenvalue weighted by Gasteiger charge is 2.20. The zero-order chi connectivity index (χ0) is 11.5. The Morgan fingerprint density at radius 3 is 2.94 bits per heavy atom. The SMILES string of the molecule is Fc1c(NI)cccc1C1CC=CC=C1Cl. The van der Waals surface area contributed by atoms with Gasteiger partial charge in [-0.05, 0) is 24.1 Å². The van der Waals surface area contributed by atoms with E-state index in [4.69, 9.17) is 11.6 Å². The molecule has 1 aromatic carbocycles. The van der Waals surface area contributed by atoms with Crippen molar-refractivity contribution in [1.29, 1.82) is 0 Å². The van der Waals surface area contributed by atoms with Crippen LogP contribution in [0.25, 0.3) is 0 Å². The number of hydrogen-bond acceptors (Lipinski definition) is 1. The maximum Gasteiger partial charge on any atom is 0.150 e. The number of rotatable bonds is 2. The van der Waals surface area contributed by atoms with E-state index in [0.717, 1.165) is 6.42 Å². The zero-order valence-corrected chi connectivity index (χ0v) is 11.3. The van der Waals surface area contributed by atoms with Crippen molar-refractivity contribution in [1.82, 2.24) is 0 Å². The molecule has 0 fully saturated rings. The number of halogens is 3. The lowest BCUT2D eigenvalue weighted by Gasteiger charge is -2.19. The van der Waals surface area contributed by atoms with Crippen LogP contribution in [0.4, 0.5) is 10.1 Å². The highest BCUT2D eigenvalue weighted by Crippen LogP contribution is 2.36. The Morgan fingerprint density at radius 2 is 2.25 bits per heavy atom. The maximum absolute atomic E-state index is 14.1. The van der Waals surface area contributed by atoms with Crippen LogP contribution in [0.5, 0.6) is 0 Å². The van der Waals surface area contributed by atoms with E-state index in [1.807, 2.05) is 47.2 Å². The predicted octanol–water partition coefficient (Wildman–Crippen LogP) is 4.75. The standard InChI is InChI=1S/C12H10ClFIN/c13-10-6-2-1-4-8(10)9-5-3-7-11(16-15)12(9)14/h1-3,5-8,16H,4H2. The second kappa shape index (κ2) is 5.19. The lowest BCUT2D eigenvalue weighted by Crippen LogP contribution is -2.04. The lowest BCUT2D eigenvalue weighted by atomic mass is 9.91. The number of nitrogens with one attached hydrogen (secondary N) is 1. The predicted molar refractivity (Wildman–Crippen MR) is 74.5 cm³/mol. The van der Waals surface area contributed by atoms with Crippen LogP contribution in [0.2, 0.25) is 0 Å². The van der Waals surface area contributed by atoms with Crippen molar-refractivity contribution in [2.45, 2.75) is 12.3 Å². The van der Waals surface area contributed by atoms with Gasteiger partial charge in [-0.15, -0.1) is 0 Å². The van der Waals surface area contributed by atoms with Crippen molar-refractivity contribution >= 4 is 40.2 Å². The van der Waals surface area contributed by atoms with Gasteiger partial charge in [-0.2, -0.15) is 0 Å². The fraction of sp³-hybridized carbons (Fsp3) is 0.167. The second-order valence-corrected chi connectivity index (χ2v) is 4.55. The van der Waals surface area contributed by atoms with Crippen molar-refractivity contribution in [3.05, 3.63) is 52.8 Å². The summed E-state index contributed by atoms with van der Waals surface area (Å²) in [6, 6.07) is 5.33. The van der Waals surface area contributed by atoms with Crippen LogP contribution in [0.3, 0.4) is 0 Å². The molecule has 1 aliphatic carbocycles. The summed E-state index contributed by atoms with van der Waals surface area (Å²) < 4.78 is 16.9. The molecule has 0 aromatic heterocycles. The van der Waals surface area contributed by atoms with Gasteiger partial charge < -0.3 is 3.53 Å². The van der Waals surface area contributed by atoms with Gasteiger partial charge in [0.25, 0.3) is 0 Å². The third kappa shape index (κ3) is 2.25. The van der Waals surface area contributed by atoms with E-state index in [0.29, 0.717) is 16.3 Å². The van der Waals surface area contributed by atoms with Gasteiger partial charge in [0.05, 0.1) is 28.6 Å². The largest absolute Gasteiger partial charge is 0.326 e. The Labute approximate surface area is 113 Å². The van der Waals surface area contributed by atoms with Crippen LogP contribution < -0.4 is 3.53 Å². The number of anilines is 1. The minimum absolute atomic E-state index is 0.0589. The van der Waals surface area contributed by atoms with Crippen molar-refractivity contribution in [2.75, 3.05) is 3.53 Å². The third-order valence-electron chi connectivity index (χ3n) is 2.60. The molecule has 1 unspecified atom stereocenters. The molecule has 0 bridgehead atoms. The first-order valence-electron chi connectivity index (χ1n) is 4.91. The summed E-state index contributed by atoms with van der Waals surface area (Å²) in [4.78, 5) is 0. The Hall–Kier alpha value is -0.550. The molecule has 0 radical (unpaired) electrons. The van der Waals surface area contributed by atoms with E-state index in [9.17, 15) is 4.39 Å². The number of allylic oxidation sites excluding steroid dienone is 4. The van der Waals surface area contributed by atoms with Crippen molar-refractivity contribution in [2.24, 2.45) is 0 Å². The van der Waals surface area contributed by atoms with Gasteiger partial charge in [-0.1, -0.05) is 35.9 Å². The number of benzene rings is 1. The molecule has 84 valence electrons. The molecule has 0 aliphatic heterocycles. The summed E-state index contributed by atoms with van der Waals surface area (Å²) in [5.41, 5.74) is 1.14. The fourth-order valence-corrected chi connectivity index (χ4v) is 2.47. The molecule has 4 heteroatoms. The summed E-state index contributed by atoms with van der Waals surface area (Å²) in [5, 5.41) is 0.687. The maximum atomic E-state index is 14.1. The molecular formula is C12H10ClFIN. The molecule has 1 aliphatic rings. The van der Waals surface area contributed by atoms with E-state index in [2.05, 4.69) is 3.53 Å². The smallest absolute Gasteiger partial charge is 0.150 e. The Morgan fingerprint density at radius 1 is 1.44 bits per heavy atom. The molecule has 2 rings (SSSR count). The molecule has 16 heavy (non-hydrogen) atoms. The summed E-state index contributed by atoms with van der Waals surface area (Å²) in [6.07, 6.45) is 6.47. The number of hydrogen-bond donors (Lipinski definition) is 1. The normalized spacial score (nSPS) is 19.4. The first-order valence-corrected chi connectivity index (χ1v) is 6.37. The summed E-state index contributed by atoms with van der Waals surface area (Å²) in [5.74, 6) is -0.278. The first kappa shape index (κ1) is 11.9. The van der Waals surface area contributed by atoms with Gasteiger partial charge in [0.15, 0.2) is 5.82 Å². The molecule has 0 saturated carbocycles. The molecule has 0 heterocycles. The van der Waals surface area contributed by atoms with E-state index in [1.165, 1.54) is 0 Å². The highest BCUT2D eigenvalue weighted by molar-refractivity contribution is 14.1. The summed E-state index contributed by atoms with van der Waals surface area (Å²) in [7, 11) is 0. The molecule has 1 N–H and O–H groups in total. The lowest BCUT2D eigenvalue weighted by molar-refractivity contribution is 0.602. The topological polar surface area (TPSA) is 12.0 Å². The molecule has 0 spiro atoms. The average Bonchev–Trinajstić information content (AvgIpc) is 2.31. The van der Waals surface area contributed by atoms with Gasteiger partial charge in [0.1, 0.15) is 0 Å². The molecule has 1 atom stereocenters. The van der Waals surface area contributed by atoms with Crippen LogP contribution in [-0.4, -0.2) is 0 Å². The van der Waals surface area contributed by atoms with E-state index in [1.54, 1.807) is 12.1 Å². The average molecular weight is 350 g/mol. The first-order chi connectivity index (χ1) is 7.74. The molecule has 1 aromatic rings. The minimum Gasteiger partial charge on any atom is -0.326 e. The van der Waals surface area contributed by atoms with Crippen molar-refractivity contribution in [3.63, 3.8) is 0 Å². The van der Waals surface area contributed by atoms with E-state index >= 15 is 0 Å². The Balaban J connectivity index is 2.41. The Kier molecular flexibility index (Phi) is 3.86. The third-order valence-corrected chi connectivity index (χ3v) is 3.57. The van der Waals surface area contributed by atoms with Crippen molar-refractivity contribution < 1.29 is 4.39 Å². The van der Waals surface area contributed by atoms with Gasteiger partial charge in [-0.3, -0.25) is 0 Å². The van der Waals surface area contributed by atoms with Gasteiger partial charge in [0, 0.05) is 11.0 Å². The molecule has 1 nitrogen and oxygen atoms in total. The monoisotopic (exact) mass is 349 g/mol. The van der Waals surface area contributed by atoms with Crippen LogP contribution >= 0.6 is 34.5 Å². The van der Waals surface area contributed by atoms with Crippen LogP contribution in [0, 0.1) is 5.82 Å². The van der Waals surface area contributed by atoms with Crippen LogP contribution in [0.1, 0.15) is 17.9 Å². The molecule has 0 amide bonds. The Bertz CT molecular complexity index is 456. The van der Waals surface area contributed by atoms with E-state index < -0.39 is 0 Å². The minimum atomic E-state index is -0.219. The molecular weight excluding hydrogens is 339 g/mol. The summed E-state index contributed by atoms with van der Waals surface area (Å²) >= 11 is 8.03. The van der Waals surface area contributed by atoms with Gasteiger partial charge in [-0.25, -0.2) is 4.39 Å². The second-order valence-electron chi connectivity index (χ2n) is 3.57. The quantitative estimate of drug-likeness (QED) is 0.600. The van der Waals surface area contributed by atoms with Gasteiger partial charge >= 0.3 is 0 Å². The van der Waals surface area contributed by atoms with E-state index in [-0.39, 0.29) is 11.7 Å². The van der Waals surface area contributed by atoms with Gasteiger partial charge in [0.2, 0.25) is 0 Å². The fourth-order valence-electron chi connectivity index (χ4n) is 1.77. The van der Waals surface area contributed by atoms with Crippen molar-refractivity contribution in [3.8, 4) is 0 Å². The zero-order valence-electron chi connectivity index (χ0n) is 8.38. The molecule has 0 saturated heterocycles. The highest BCUT2D eigenvalue weighted by atomic mass is 127.